The number of benzene rings is 2. The number of urea groups is 1. The molecule has 2 aromatic carbocycles. The first kappa shape index (κ1) is 24.1. The molecule has 1 unspecified atom stereocenters. The van der Waals surface area contributed by atoms with Crippen LogP contribution in [-0.2, 0) is 9.59 Å². The smallest absolute Gasteiger partial charge is 0.308 e. The quantitative estimate of drug-likeness (QED) is 0.608. The van der Waals surface area contributed by atoms with Gasteiger partial charge in [0.15, 0.2) is 6.29 Å². The fourth-order valence-electron chi connectivity index (χ4n) is 3.82. The minimum Gasteiger partial charge on any atom is -0.308 e. The minimum absolute atomic E-state index is 0.442. The normalized spacial score (nSPS) is 16.9. The van der Waals surface area contributed by atoms with Crippen LogP contribution in [0.4, 0.5) is 16.2 Å². The minimum atomic E-state index is -1.20. The Morgan fingerprint density at radius 1 is 1.12 bits per heavy atom. The molecular formula is C25H31N5O3. The van der Waals surface area contributed by atoms with Crippen molar-refractivity contribution in [1.82, 2.24) is 10.6 Å². The number of fused-ring (bicyclic) bond motifs is 1. The Labute approximate surface area is 194 Å². The number of carbonyl (C=O) groups is 3. The number of nitrogens with one attached hydrogen (secondary N) is 3. The largest absolute Gasteiger partial charge is 0.321 e. The molecular weight excluding hydrogens is 418 g/mol. The summed E-state index contributed by atoms with van der Waals surface area (Å²) in [6, 6.07) is 12.4. The topological polar surface area (TPSA) is 103 Å². The number of benzodiazepines with no additional fused rings is 1. The van der Waals surface area contributed by atoms with E-state index in [2.05, 4.69) is 20.9 Å². The van der Waals surface area contributed by atoms with E-state index >= 15 is 0 Å². The first-order valence-electron chi connectivity index (χ1n) is 10.8. The van der Waals surface area contributed by atoms with Crippen LogP contribution in [0, 0.1) is 13.8 Å². The van der Waals surface area contributed by atoms with Gasteiger partial charge in [-0.25, -0.2) is 4.79 Å². The van der Waals surface area contributed by atoms with Gasteiger partial charge >= 0.3 is 6.03 Å². The number of hydrogen-bond acceptors (Lipinski definition) is 5. The van der Waals surface area contributed by atoms with E-state index in [0.717, 1.165) is 16.7 Å². The highest BCUT2D eigenvalue weighted by Gasteiger charge is 2.37. The zero-order chi connectivity index (χ0) is 24.3. The number of anilines is 2. The van der Waals surface area contributed by atoms with Crippen molar-refractivity contribution in [1.29, 1.82) is 0 Å². The van der Waals surface area contributed by atoms with Crippen LogP contribution in [0.15, 0.2) is 47.5 Å². The van der Waals surface area contributed by atoms with E-state index in [4.69, 9.17) is 0 Å². The molecule has 0 saturated carbocycles. The summed E-state index contributed by atoms with van der Waals surface area (Å²) < 4.78 is 0. The Kier molecular flexibility index (Phi) is 6.98. The van der Waals surface area contributed by atoms with Crippen LogP contribution in [-0.4, -0.2) is 41.8 Å². The molecule has 0 spiro atoms. The summed E-state index contributed by atoms with van der Waals surface area (Å²) in [6.07, 6.45) is -1.45. The molecule has 0 fully saturated rings. The predicted octanol–water partition coefficient (Wildman–Crippen LogP) is 3.52. The van der Waals surface area contributed by atoms with Gasteiger partial charge in [-0.2, -0.15) is 0 Å². The van der Waals surface area contributed by atoms with Crippen LogP contribution in [0.5, 0.6) is 0 Å². The van der Waals surface area contributed by atoms with E-state index < -0.39 is 29.8 Å². The van der Waals surface area contributed by atoms with Gasteiger partial charge in [0.05, 0.1) is 5.69 Å². The molecule has 1 aliphatic rings. The Balaban J connectivity index is 1.99. The Bertz CT molecular complexity index is 1100. The van der Waals surface area contributed by atoms with Crippen molar-refractivity contribution in [2.75, 3.05) is 10.2 Å². The number of aldehydes is 1. The third kappa shape index (κ3) is 5.64. The lowest BCUT2D eigenvalue weighted by Gasteiger charge is -2.35. The molecule has 8 heteroatoms. The van der Waals surface area contributed by atoms with Crippen LogP contribution in [0.2, 0.25) is 0 Å². The molecule has 33 heavy (non-hydrogen) atoms. The second kappa shape index (κ2) is 9.54. The van der Waals surface area contributed by atoms with Gasteiger partial charge in [-0.15, -0.1) is 0 Å². The van der Waals surface area contributed by atoms with Crippen molar-refractivity contribution in [3.63, 3.8) is 0 Å². The van der Waals surface area contributed by atoms with Gasteiger partial charge in [-0.05, 0) is 64.8 Å². The number of aryl methyl sites for hydroxylation is 2. The molecule has 0 saturated heterocycles. The number of para-hydroxylation sites is 1. The van der Waals surface area contributed by atoms with Gasteiger partial charge in [0.25, 0.3) is 5.91 Å². The molecule has 0 aliphatic carbocycles. The summed E-state index contributed by atoms with van der Waals surface area (Å²) in [7, 11) is 0. The van der Waals surface area contributed by atoms with Crippen molar-refractivity contribution in [2.45, 2.75) is 59.4 Å². The molecule has 3 rings (SSSR count). The lowest BCUT2D eigenvalue weighted by molar-refractivity contribution is -0.122. The van der Waals surface area contributed by atoms with Gasteiger partial charge in [-0.3, -0.25) is 24.8 Å². The average molecular weight is 450 g/mol. The van der Waals surface area contributed by atoms with Crippen molar-refractivity contribution in [3.8, 4) is 0 Å². The molecule has 174 valence electrons. The first-order chi connectivity index (χ1) is 15.5. The summed E-state index contributed by atoms with van der Waals surface area (Å²) in [5.74, 6) is -0.504. The Morgan fingerprint density at radius 2 is 1.82 bits per heavy atom. The van der Waals surface area contributed by atoms with Crippen LogP contribution < -0.4 is 20.9 Å². The molecule has 1 heterocycles. The molecule has 2 aromatic rings. The zero-order valence-electron chi connectivity index (χ0n) is 19.9. The molecule has 0 aromatic heterocycles. The van der Waals surface area contributed by atoms with E-state index in [0.29, 0.717) is 23.4 Å². The standard InChI is InChI=1S/C25H31N5O3/c1-15-9-7-11-18(13-15)27-24(33)28-22-23(32)30(20(14-31)29-25(4,5)6)21-16(2)10-8-12-19(21)17(3)26-22/h7-14,20,22,29H,1-6H3,(H2,27,28,33)/t20?,22-/m0/s1. The number of carbonyl (C=O) groups excluding carboxylic acids is 3. The summed E-state index contributed by atoms with van der Waals surface area (Å²) in [5, 5.41) is 8.59. The maximum Gasteiger partial charge on any atom is 0.321 e. The fraction of sp³-hybridized carbons (Fsp3) is 0.360. The van der Waals surface area contributed by atoms with Crippen LogP contribution in [0.3, 0.4) is 0 Å². The third-order valence-corrected chi connectivity index (χ3v) is 5.19. The number of hydrogen-bond donors (Lipinski definition) is 3. The molecule has 3 amide bonds. The highest BCUT2D eigenvalue weighted by Crippen LogP contribution is 2.31. The summed E-state index contributed by atoms with van der Waals surface area (Å²) in [4.78, 5) is 44.5. The number of rotatable bonds is 5. The average Bonchev–Trinajstić information content (AvgIpc) is 2.81. The number of nitrogens with zero attached hydrogens (tertiary/aromatic N) is 2. The van der Waals surface area contributed by atoms with E-state index in [1.54, 1.807) is 13.0 Å². The third-order valence-electron chi connectivity index (χ3n) is 5.19. The molecule has 8 nitrogen and oxygen atoms in total. The Hall–Kier alpha value is -3.52. The highest BCUT2D eigenvalue weighted by atomic mass is 16.2. The zero-order valence-corrected chi connectivity index (χ0v) is 19.9. The number of amides is 3. The lowest BCUT2D eigenvalue weighted by atomic mass is 10.0. The van der Waals surface area contributed by atoms with Crippen LogP contribution in [0.25, 0.3) is 0 Å². The van der Waals surface area contributed by atoms with Crippen molar-refractivity contribution >= 4 is 35.3 Å². The van der Waals surface area contributed by atoms with Gasteiger partial charge in [-0.1, -0.05) is 30.3 Å². The lowest BCUT2D eigenvalue weighted by Crippen LogP contribution is -2.60. The number of aliphatic imine (C=N–C) groups is 1. The Morgan fingerprint density at radius 3 is 2.45 bits per heavy atom. The van der Waals surface area contributed by atoms with Crippen molar-refractivity contribution in [3.05, 3.63) is 59.2 Å². The summed E-state index contributed by atoms with van der Waals surface area (Å²) in [6.45, 7) is 11.3. The van der Waals surface area contributed by atoms with Crippen LogP contribution >= 0.6 is 0 Å². The fourth-order valence-corrected chi connectivity index (χ4v) is 3.82. The van der Waals surface area contributed by atoms with Crippen LogP contribution in [0.1, 0.15) is 44.4 Å². The summed E-state index contributed by atoms with van der Waals surface area (Å²) >= 11 is 0. The predicted molar refractivity (Wildman–Crippen MR) is 131 cm³/mol. The van der Waals surface area contributed by atoms with E-state index in [1.807, 2.05) is 71.0 Å². The molecule has 1 aliphatic heterocycles. The SMILES string of the molecule is CC1=N[C@@H](NC(=O)Nc2cccc(C)c2)C(=O)N(C(C=O)NC(C)(C)C)c2c(C)cccc21. The van der Waals surface area contributed by atoms with Gasteiger partial charge < -0.3 is 10.6 Å². The molecule has 0 radical (unpaired) electrons. The maximum atomic E-state index is 13.7. The first-order valence-corrected chi connectivity index (χ1v) is 10.8. The second-order valence-corrected chi connectivity index (χ2v) is 9.24. The van der Waals surface area contributed by atoms with E-state index in [1.165, 1.54) is 4.90 Å². The van der Waals surface area contributed by atoms with Gasteiger partial charge in [0, 0.05) is 22.5 Å². The van der Waals surface area contributed by atoms with E-state index in [9.17, 15) is 14.4 Å². The molecule has 2 atom stereocenters. The summed E-state index contributed by atoms with van der Waals surface area (Å²) in [5.41, 5.74) is 3.89. The van der Waals surface area contributed by atoms with Crippen molar-refractivity contribution in [2.24, 2.45) is 4.99 Å². The second-order valence-electron chi connectivity index (χ2n) is 9.24. The van der Waals surface area contributed by atoms with Crippen molar-refractivity contribution < 1.29 is 14.4 Å². The highest BCUT2D eigenvalue weighted by molar-refractivity contribution is 6.14. The van der Waals surface area contributed by atoms with E-state index in [-0.39, 0.29) is 0 Å². The molecule has 3 N–H and O–H groups in total. The van der Waals surface area contributed by atoms with Gasteiger partial charge in [0.2, 0.25) is 6.17 Å². The molecule has 0 bridgehead atoms. The maximum absolute atomic E-state index is 13.7. The monoisotopic (exact) mass is 449 g/mol. The van der Waals surface area contributed by atoms with Gasteiger partial charge in [0.1, 0.15) is 6.17 Å².